The summed E-state index contributed by atoms with van der Waals surface area (Å²) in [7, 11) is 0. The van der Waals surface area contributed by atoms with Gasteiger partial charge in [-0.2, -0.15) is 0 Å². The van der Waals surface area contributed by atoms with E-state index in [0.29, 0.717) is 18.0 Å². The normalized spacial score (nSPS) is 19.4. The van der Waals surface area contributed by atoms with E-state index < -0.39 is 12.1 Å². The molecule has 7 heteroatoms. The fourth-order valence-corrected chi connectivity index (χ4v) is 3.52. The van der Waals surface area contributed by atoms with Gasteiger partial charge in [-0.05, 0) is 23.5 Å². The number of amides is 2. The predicted octanol–water partition coefficient (Wildman–Crippen LogP) is 2.10. The Morgan fingerprint density at radius 3 is 2.55 bits per heavy atom. The first-order valence-corrected chi connectivity index (χ1v) is 9.90. The van der Waals surface area contributed by atoms with Crippen LogP contribution < -0.4 is 5.32 Å². The molecule has 2 aromatic rings. The van der Waals surface area contributed by atoms with E-state index in [9.17, 15) is 14.7 Å². The van der Waals surface area contributed by atoms with Crippen LogP contribution in [0.1, 0.15) is 49.8 Å². The van der Waals surface area contributed by atoms with Crippen molar-refractivity contribution in [1.29, 1.82) is 0 Å². The highest BCUT2D eigenvalue weighted by Crippen LogP contribution is 2.23. The number of β-amino-alcohol motifs (C(OH)–C–C–N with tert-alkyl or cyclic N) is 1. The summed E-state index contributed by atoms with van der Waals surface area (Å²) in [5.41, 5.74) is 2.98. The smallest absolute Gasteiger partial charge is 0.243 e. The lowest BCUT2D eigenvalue weighted by molar-refractivity contribution is -0.138. The Hall–Kier alpha value is -2.67. The van der Waals surface area contributed by atoms with Crippen molar-refractivity contribution in [3.05, 3.63) is 52.9 Å². The second-order valence-corrected chi connectivity index (χ2v) is 8.73. The molecule has 7 nitrogen and oxygen atoms in total. The van der Waals surface area contributed by atoms with Gasteiger partial charge in [0.25, 0.3) is 0 Å². The van der Waals surface area contributed by atoms with Crippen LogP contribution in [0.4, 0.5) is 0 Å². The van der Waals surface area contributed by atoms with Crippen molar-refractivity contribution in [3.63, 3.8) is 0 Å². The maximum Gasteiger partial charge on any atom is 0.243 e. The molecule has 2 N–H and O–H groups in total. The van der Waals surface area contributed by atoms with Gasteiger partial charge in [-0.3, -0.25) is 9.59 Å². The molecule has 0 aliphatic carbocycles. The van der Waals surface area contributed by atoms with E-state index in [1.54, 1.807) is 13.0 Å². The van der Waals surface area contributed by atoms with E-state index in [0.717, 1.165) is 5.56 Å². The molecular weight excluding hydrogens is 370 g/mol. The molecular formula is C22H29N3O4. The van der Waals surface area contributed by atoms with Crippen molar-refractivity contribution < 1.29 is 19.2 Å². The van der Waals surface area contributed by atoms with Crippen LogP contribution in [0.5, 0.6) is 0 Å². The topological polar surface area (TPSA) is 95.7 Å². The molecule has 0 radical (unpaired) electrons. The first-order chi connectivity index (χ1) is 13.6. The van der Waals surface area contributed by atoms with Crippen LogP contribution in [0.15, 0.2) is 34.9 Å². The maximum atomic E-state index is 12.7. The molecule has 3 rings (SSSR count). The molecule has 1 aromatic heterocycles. The predicted molar refractivity (Wildman–Crippen MR) is 108 cm³/mol. The minimum Gasteiger partial charge on any atom is -0.391 e. The van der Waals surface area contributed by atoms with Crippen molar-refractivity contribution in [2.45, 2.75) is 64.6 Å². The van der Waals surface area contributed by atoms with Gasteiger partial charge in [-0.1, -0.05) is 50.2 Å². The summed E-state index contributed by atoms with van der Waals surface area (Å²) in [5, 5.41) is 16.7. The highest BCUT2D eigenvalue weighted by molar-refractivity contribution is 5.89. The minimum atomic E-state index is -0.711. The Labute approximate surface area is 171 Å². The molecule has 29 heavy (non-hydrogen) atoms. The van der Waals surface area contributed by atoms with Gasteiger partial charge in [0.15, 0.2) is 0 Å². The molecule has 2 amide bonds. The summed E-state index contributed by atoms with van der Waals surface area (Å²) in [6, 6.07) is 9.14. The van der Waals surface area contributed by atoms with Crippen LogP contribution in [-0.4, -0.2) is 45.7 Å². The molecule has 0 saturated carbocycles. The van der Waals surface area contributed by atoms with Crippen LogP contribution in [0.25, 0.3) is 0 Å². The lowest BCUT2D eigenvalue weighted by Crippen LogP contribution is -2.46. The standard InChI is InChI=1S/C22H29N3O4/c1-14-9-18(29-24-14)11-20(27)25-13-17(26)10-19(25)21(28)23-12-15-5-7-16(8-6-15)22(2,3)4/h5-9,17,19,26H,10-13H2,1-4H3,(H,23,28). The largest absolute Gasteiger partial charge is 0.391 e. The van der Waals surface area contributed by atoms with Gasteiger partial charge in [-0.25, -0.2) is 0 Å². The lowest BCUT2D eigenvalue weighted by Gasteiger charge is -2.23. The first kappa shape index (κ1) is 21.0. The molecule has 1 aliphatic heterocycles. The highest BCUT2D eigenvalue weighted by atomic mass is 16.5. The van der Waals surface area contributed by atoms with Gasteiger partial charge in [0.1, 0.15) is 11.8 Å². The monoisotopic (exact) mass is 399 g/mol. The zero-order valence-corrected chi connectivity index (χ0v) is 17.4. The van der Waals surface area contributed by atoms with Crippen LogP contribution >= 0.6 is 0 Å². The Morgan fingerprint density at radius 1 is 1.28 bits per heavy atom. The quantitative estimate of drug-likeness (QED) is 0.803. The number of hydrogen-bond donors (Lipinski definition) is 2. The van der Waals surface area contributed by atoms with E-state index >= 15 is 0 Å². The first-order valence-electron chi connectivity index (χ1n) is 9.90. The number of aromatic nitrogens is 1. The van der Waals surface area contributed by atoms with Crippen molar-refractivity contribution in [2.24, 2.45) is 0 Å². The van der Waals surface area contributed by atoms with Gasteiger partial charge in [-0.15, -0.1) is 0 Å². The fraction of sp³-hybridized carbons (Fsp3) is 0.500. The third-order valence-corrected chi connectivity index (χ3v) is 5.19. The lowest BCUT2D eigenvalue weighted by atomic mass is 9.87. The van der Waals surface area contributed by atoms with Crippen LogP contribution in [-0.2, 0) is 28.0 Å². The molecule has 2 unspecified atom stereocenters. The number of nitrogens with zero attached hydrogens (tertiary/aromatic N) is 2. The average Bonchev–Trinajstić information content (AvgIpc) is 3.24. The van der Waals surface area contributed by atoms with Gasteiger partial charge in [0.2, 0.25) is 11.8 Å². The van der Waals surface area contributed by atoms with Crippen LogP contribution in [0, 0.1) is 6.92 Å². The summed E-state index contributed by atoms with van der Waals surface area (Å²) >= 11 is 0. The van der Waals surface area contributed by atoms with E-state index in [1.807, 2.05) is 12.1 Å². The Morgan fingerprint density at radius 2 is 1.97 bits per heavy atom. The zero-order valence-electron chi connectivity index (χ0n) is 17.4. The summed E-state index contributed by atoms with van der Waals surface area (Å²) in [6.07, 6.45) is -0.459. The van der Waals surface area contributed by atoms with Gasteiger partial charge in [0.05, 0.1) is 18.2 Å². The maximum absolute atomic E-state index is 12.7. The fourth-order valence-electron chi connectivity index (χ4n) is 3.52. The second kappa shape index (κ2) is 8.37. The molecule has 1 saturated heterocycles. The van der Waals surface area contributed by atoms with Crippen LogP contribution in [0.3, 0.4) is 0 Å². The molecule has 156 valence electrons. The zero-order chi connectivity index (χ0) is 21.2. The van der Waals surface area contributed by atoms with Crippen molar-refractivity contribution in [1.82, 2.24) is 15.4 Å². The molecule has 0 spiro atoms. The van der Waals surface area contributed by atoms with Crippen LogP contribution in [0.2, 0.25) is 0 Å². The van der Waals surface area contributed by atoms with E-state index in [2.05, 4.69) is 43.4 Å². The van der Waals surface area contributed by atoms with E-state index in [-0.39, 0.29) is 36.6 Å². The number of aliphatic hydroxyl groups excluding tert-OH is 1. The second-order valence-electron chi connectivity index (χ2n) is 8.73. The highest BCUT2D eigenvalue weighted by Gasteiger charge is 2.38. The Bertz CT molecular complexity index is 867. The SMILES string of the molecule is Cc1cc(CC(=O)N2CC(O)CC2C(=O)NCc2ccc(C(C)(C)C)cc2)on1. The Balaban J connectivity index is 1.60. The van der Waals surface area contributed by atoms with Crippen molar-refractivity contribution in [3.8, 4) is 0 Å². The number of carbonyl (C=O) groups excluding carboxylic acids is 2. The molecule has 1 fully saturated rings. The van der Waals surface area contributed by atoms with Crippen molar-refractivity contribution >= 4 is 11.8 Å². The molecule has 2 heterocycles. The number of rotatable bonds is 5. The molecule has 1 aromatic carbocycles. The number of aryl methyl sites for hydroxylation is 1. The van der Waals surface area contributed by atoms with Gasteiger partial charge in [0, 0.05) is 25.6 Å². The number of aliphatic hydroxyl groups is 1. The molecule has 2 atom stereocenters. The minimum absolute atomic E-state index is 0.0194. The van der Waals surface area contributed by atoms with E-state index in [4.69, 9.17) is 4.52 Å². The third-order valence-electron chi connectivity index (χ3n) is 5.19. The summed E-state index contributed by atoms with van der Waals surface area (Å²) in [6.45, 7) is 8.76. The Kier molecular flexibility index (Phi) is 6.07. The number of hydrogen-bond acceptors (Lipinski definition) is 5. The van der Waals surface area contributed by atoms with E-state index in [1.165, 1.54) is 10.5 Å². The van der Waals surface area contributed by atoms with Gasteiger partial charge < -0.3 is 19.8 Å². The number of carbonyl (C=O) groups is 2. The summed E-state index contributed by atoms with van der Waals surface area (Å²) in [4.78, 5) is 26.8. The average molecular weight is 399 g/mol. The number of likely N-dealkylation sites (tertiary alicyclic amines) is 1. The number of benzene rings is 1. The van der Waals surface area contributed by atoms with Gasteiger partial charge >= 0.3 is 0 Å². The molecule has 0 bridgehead atoms. The third kappa shape index (κ3) is 5.23. The summed E-state index contributed by atoms with van der Waals surface area (Å²) < 4.78 is 5.10. The number of nitrogens with one attached hydrogen (secondary N) is 1. The molecule has 1 aliphatic rings. The summed E-state index contributed by atoms with van der Waals surface area (Å²) in [5.74, 6) is -0.0667. The van der Waals surface area contributed by atoms with Crippen molar-refractivity contribution in [2.75, 3.05) is 6.54 Å².